The Hall–Kier alpha value is -0.380. The molecule has 4 heteroatoms. The van der Waals surface area contributed by atoms with Crippen molar-refractivity contribution >= 4 is 11.6 Å². The standard InChI is InChI=1S/C6H7ClFNO/c7-4-2-1-3-6(8,9)5(4)10/h1-3,5,10H,9H2. The lowest BCUT2D eigenvalue weighted by Crippen LogP contribution is -2.46. The van der Waals surface area contributed by atoms with Crippen LogP contribution in [0.5, 0.6) is 0 Å². The first kappa shape index (κ1) is 7.72. The fourth-order valence-electron chi connectivity index (χ4n) is 0.681. The second-order valence-electron chi connectivity index (χ2n) is 2.14. The normalized spacial score (nSPS) is 39.6. The lowest BCUT2D eigenvalue weighted by atomic mass is 10.0. The minimum absolute atomic E-state index is 0.0208. The van der Waals surface area contributed by atoms with E-state index in [0.29, 0.717) is 0 Å². The Bertz CT molecular complexity index is 200. The molecular weight excluding hydrogens is 157 g/mol. The summed E-state index contributed by atoms with van der Waals surface area (Å²) in [5, 5.41) is 8.97. The van der Waals surface area contributed by atoms with Crippen LogP contribution in [0.2, 0.25) is 0 Å². The van der Waals surface area contributed by atoms with Crippen LogP contribution in [0.15, 0.2) is 23.3 Å². The maximum absolute atomic E-state index is 12.8. The van der Waals surface area contributed by atoms with Gasteiger partial charge in [0.15, 0.2) is 0 Å². The van der Waals surface area contributed by atoms with Crippen LogP contribution >= 0.6 is 11.6 Å². The van der Waals surface area contributed by atoms with Crippen molar-refractivity contribution in [2.75, 3.05) is 0 Å². The van der Waals surface area contributed by atoms with E-state index in [0.717, 1.165) is 6.08 Å². The van der Waals surface area contributed by atoms with Crippen molar-refractivity contribution in [1.29, 1.82) is 0 Å². The molecule has 0 saturated carbocycles. The number of hydrogen-bond donors (Lipinski definition) is 2. The summed E-state index contributed by atoms with van der Waals surface area (Å²) in [5.74, 6) is -2.22. The van der Waals surface area contributed by atoms with E-state index >= 15 is 0 Å². The van der Waals surface area contributed by atoms with Crippen LogP contribution in [-0.4, -0.2) is 17.0 Å². The lowest BCUT2D eigenvalue weighted by molar-refractivity contribution is 0.0588. The van der Waals surface area contributed by atoms with E-state index in [4.69, 9.17) is 22.4 Å². The summed E-state index contributed by atoms with van der Waals surface area (Å²) in [5.41, 5.74) is 4.98. The van der Waals surface area contributed by atoms with Gasteiger partial charge in [0.05, 0.1) is 5.03 Å². The van der Waals surface area contributed by atoms with Crippen molar-refractivity contribution < 1.29 is 9.50 Å². The zero-order valence-corrected chi connectivity index (χ0v) is 5.85. The molecule has 0 aliphatic heterocycles. The van der Waals surface area contributed by atoms with Gasteiger partial charge >= 0.3 is 0 Å². The molecule has 0 aromatic rings. The highest BCUT2D eigenvalue weighted by molar-refractivity contribution is 6.30. The molecule has 0 bridgehead atoms. The molecular formula is C6H7ClFNO. The average Bonchev–Trinajstić information content (AvgIpc) is 1.83. The van der Waals surface area contributed by atoms with Gasteiger partial charge in [-0.15, -0.1) is 0 Å². The van der Waals surface area contributed by atoms with E-state index in [1.54, 1.807) is 0 Å². The summed E-state index contributed by atoms with van der Waals surface area (Å²) in [7, 11) is 0. The van der Waals surface area contributed by atoms with Crippen molar-refractivity contribution in [3.63, 3.8) is 0 Å². The van der Waals surface area contributed by atoms with Gasteiger partial charge in [0.2, 0.25) is 5.79 Å². The molecule has 0 saturated heterocycles. The summed E-state index contributed by atoms with van der Waals surface area (Å²) in [4.78, 5) is 0. The van der Waals surface area contributed by atoms with Gasteiger partial charge in [-0.05, 0) is 12.2 Å². The summed E-state index contributed by atoms with van der Waals surface area (Å²) in [6, 6.07) is 0. The van der Waals surface area contributed by atoms with E-state index in [9.17, 15) is 4.39 Å². The van der Waals surface area contributed by atoms with Crippen LogP contribution in [0, 0.1) is 0 Å². The summed E-state index contributed by atoms with van der Waals surface area (Å²) in [6.45, 7) is 0. The van der Waals surface area contributed by atoms with E-state index in [1.807, 2.05) is 0 Å². The minimum Gasteiger partial charge on any atom is -0.382 e. The van der Waals surface area contributed by atoms with Gasteiger partial charge in [-0.1, -0.05) is 17.7 Å². The molecule has 10 heavy (non-hydrogen) atoms. The number of halogens is 2. The van der Waals surface area contributed by atoms with Crippen LogP contribution in [0.25, 0.3) is 0 Å². The van der Waals surface area contributed by atoms with Crippen molar-refractivity contribution in [2.24, 2.45) is 5.73 Å². The maximum Gasteiger partial charge on any atom is 0.209 e. The summed E-state index contributed by atoms with van der Waals surface area (Å²) >= 11 is 5.39. The molecule has 0 spiro atoms. The van der Waals surface area contributed by atoms with Crippen molar-refractivity contribution in [2.45, 2.75) is 11.9 Å². The second-order valence-corrected chi connectivity index (χ2v) is 2.58. The summed E-state index contributed by atoms with van der Waals surface area (Å²) < 4.78 is 12.8. The monoisotopic (exact) mass is 163 g/mol. The van der Waals surface area contributed by atoms with Crippen molar-refractivity contribution in [3.8, 4) is 0 Å². The molecule has 2 unspecified atom stereocenters. The number of allylic oxidation sites excluding steroid dienone is 2. The van der Waals surface area contributed by atoms with Gasteiger partial charge in [-0.2, -0.15) is 0 Å². The Morgan fingerprint density at radius 1 is 1.80 bits per heavy atom. The number of hydrogen-bond acceptors (Lipinski definition) is 2. The molecule has 0 heterocycles. The average molecular weight is 164 g/mol. The molecule has 0 amide bonds. The van der Waals surface area contributed by atoms with Gasteiger partial charge in [-0.3, -0.25) is 5.73 Å². The molecule has 0 radical (unpaired) electrons. The number of nitrogens with two attached hydrogens (primary N) is 1. The first-order valence-electron chi connectivity index (χ1n) is 2.75. The fourth-order valence-corrected chi connectivity index (χ4v) is 0.921. The van der Waals surface area contributed by atoms with Crippen LogP contribution in [0.3, 0.4) is 0 Å². The largest absolute Gasteiger partial charge is 0.382 e. The number of alkyl halides is 1. The SMILES string of the molecule is NC1(F)C=CC=C(Cl)C1O. The second kappa shape index (κ2) is 2.34. The Labute approximate surface area is 62.8 Å². The Balaban J connectivity index is 2.89. The topological polar surface area (TPSA) is 46.2 Å². The molecule has 1 aliphatic carbocycles. The Morgan fingerprint density at radius 2 is 2.40 bits per heavy atom. The van der Waals surface area contributed by atoms with Gasteiger partial charge in [0, 0.05) is 0 Å². The van der Waals surface area contributed by atoms with Crippen LogP contribution in [-0.2, 0) is 0 Å². The van der Waals surface area contributed by atoms with Gasteiger partial charge in [0.1, 0.15) is 6.10 Å². The maximum atomic E-state index is 12.8. The molecule has 0 aromatic carbocycles. The molecule has 0 fully saturated rings. The number of rotatable bonds is 0. The van der Waals surface area contributed by atoms with Crippen LogP contribution in [0.1, 0.15) is 0 Å². The molecule has 1 aliphatic rings. The Morgan fingerprint density at radius 3 is 2.80 bits per heavy atom. The summed E-state index contributed by atoms with van der Waals surface area (Å²) in [6.07, 6.45) is 2.40. The number of aliphatic hydroxyl groups excluding tert-OH is 1. The van der Waals surface area contributed by atoms with Gasteiger partial charge in [-0.25, -0.2) is 4.39 Å². The fraction of sp³-hybridized carbons (Fsp3) is 0.333. The highest BCUT2D eigenvalue weighted by atomic mass is 35.5. The third kappa shape index (κ3) is 1.21. The molecule has 1 rings (SSSR count). The predicted octanol–water partition coefficient (Wildman–Crippen LogP) is 0.664. The highest BCUT2D eigenvalue weighted by Crippen LogP contribution is 2.24. The zero-order valence-electron chi connectivity index (χ0n) is 5.09. The molecule has 0 aromatic heterocycles. The molecule has 56 valence electrons. The molecule has 3 N–H and O–H groups in total. The highest BCUT2D eigenvalue weighted by Gasteiger charge is 2.34. The van der Waals surface area contributed by atoms with Crippen LogP contribution in [0.4, 0.5) is 4.39 Å². The third-order valence-corrected chi connectivity index (χ3v) is 1.62. The third-order valence-electron chi connectivity index (χ3n) is 1.29. The Kier molecular flexibility index (Phi) is 1.81. The van der Waals surface area contributed by atoms with Crippen molar-refractivity contribution in [1.82, 2.24) is 0 Å². The van der Waals surface area contributed by atoms with E-state index < -0.39 is 11.9 Å². The molecule has 2 atom stereocenters. The van der Waals surface area contributed by atoms with E-state index in [2.05, 4.69) is 0 Å². The quantitative estimate of drug-likeness (QED) is 0.516. The lowest BCUT2D eigenvalue weighted by Gasteiger charge is -2.24. The first-order valence-corrected chi connectivity index (χ1v) is 3.12. The minimum atomic E-state index is -2.22. The first-order chi connectivity index (χ1) is 4.54. The van der Waals surface area contributed by atoms with Crippen LogP contribution < -0.4 is 5.73 Å². The van der Waals surface area contributed by atoms with E-state index in [1.165, 1.54) is 12.2 Å². The van der Waals surface area contributed by atoms with Crippen molar-refractivity contribution in [3.05, 3.63) is 23.3 Å². The van der Waals surface area contributed by atoms with E-state index in [-0.39, 0.29) is 5.03 Å². The smallest absolute Gasteiger partial charge is 0.209 e. The van der Waals surface area contributed by atoms with Gasteiger partial charge in [0.25, 0.3) is 0 Å². The predicted molar refractivity (Wildman–Crippen MR) is 37.1 cm³/mol. The number of aliphatic hydroxyl groups is 1. The van der Waals surface area contributed by atoms with Gasteiger partial charge < -0.3 is 5.11 Å². The molecule has 2 nitrogen and oxygen atoms in total. The zero-order chi connectivity index (χ0) is 7.78.